The second-order valence-corrected chi connectivity index (χ2v) is 6.74. The Morgan fingerprint density at radius 3 is 2.63 bits per heavy atom. The highest BCUT2D eigenvalue weighted by Gasteiger charge is 2.05. The molecule has 1 heterocycles. The first-order valence-electron chi connectivity index (χ1n) is 8.69. The molecule has 0 spiro atoms. The second kappa shape index (κ2) is 12.7. The van der Waals surface area contributed by atoms with Crippen LogP contribution in [0, 0.1) is 12.7 Å². The lowest BCUT2D eigenvalue weighted by Gasteiger charge is -2.11. The Labute approximate surface area is 180 Å². The molecule has 0 bridgehead atoms. The Hall–Kier alpha value is -1.68. The van der Waals surface area contributed by atoms with Crippen molar-refractivity contribution < 1.29 is 9.18 Å². The van der Waals surface area contributed by atoms with E-state index in [-0.39, 0.29) is 35.7 Å². The molecule has 8 heteroatoms. The fraction of sp³-hybridized carbons (Fsp3) is 0.368. The summed E-state index contributed by atoms with van der Waals surface area (Å²) in [5, 5.41) is 11.2. The smallest absolute Gasteiger partial charge is 0.261 e. The Balaban J connectivity index is 0.00000364. The van der Waals surface area contributed by atoms with Gasteiger partial charge in [0.25, 0.3) is 5.91 Å². The van der Waals surface area contributed by atoms with E-state index in [0.717, 1.165) is 23.4 Å². The van der Waals surface area contributed by atoms with Crippen LogP contribution in [-0.4, -0.2) is 31.5 Å². The summed E-state index contributed by atoms with van der Waals surface area (Å²) in [6.45, 7) is 6.27. The average Bonchev–Trinajstić information content (AvgIpc) is 3.16. The Morgan fingerprint density at radius 1 is 1.19 bits per heavy atom. The highest BCUT2D eigenvalue weighted by Crippen LogP contribution is 2.10. The van der Waals surface area contributed by atoms with Crippen molar-refractivity contribution in [2.75, 3.05) is 19.6 Å². The van der Waals surface area contributed by atoms with Crippen LogP contribution in [0.15, 0.2) is 40.7 Å². The summed E-state index contributed by atoms with van der Waals surface area (Å²) in [6, 6.07) is 8.70. The Bertz CT molecular complexity index is 737. The number of nitrogens with zero attached hydrogens (tertiary/aromatic N) is 1. The maximum Gasteiger partial charge on any atom is 0.261 e. The molecular weight excluding hydrogens is 478 g/mol. The Morgan fingerprint density at radius 2 is 1.96 bits per heavy atom. The standard InChI is InChI=1S/C19H25FN4OS.HI/c1-3-21-19(24-13-15-7-8-16(20)14(2)12-15)23-10-5-9-22-18(25)17-6-4-11-26-17;/h4,6-8,11-12H,3,5,9-10,13H2,1-2H3,(H,22,25)(H2,21,23,24);1H. The number of aryl methyl sites for hydroxylation is 1. The predicted octanol–water partition coefficient (Wildman–Crippen LogP) is 3.69. The minimum absolute atomic E-state index is 0. The largest absolute Gasteiger partial charge is 0.357 e. The molecule has 2 aromatic rings. The van der Waals surface area contributed by atoms with Gasteiger partial charge in [0, 0.05) is 19.6 Å². The number of carbonyl (C=O) groups is 1. The number of guanidine groups is 1. The van der Waals surface area contributed by atoms with Crippen LogP contribution in [0.3, 0.4) is 0 Å². The second-order valence-electron chi connectivity index (χ2n) is 5.79. The molecule has 5 nitrogen and oxygen atoms in total. The Kier molecular flexibility index (Phi) is 11.0. The van der Waals surface area contributed by atoms with E-state index in [2.05, 4.69) is 20.9 Å². The van der Waals surface area contributed by atoms with E-state index in [0.29, 0.717) is 31.2 Å². The zero-order valence-electron chi connectivity index (χ0n) is 15.5. The van der Waals surface area contributed by atoms with Gasteiger partial charge in [0.15, 0.2) is 5.96 Å². The summed E-state index contributed by atoms with van der Waals surface area (Å²) in [6.07, 6.45) is 0.789. The van der Waals surface area contributed by atoms with Crippen LogP contribution in [0.4, 0.5) is 4.39 Å². The molecule has 0 saturated carbocycles. The molecule has 2 rings (SSSR count). The number of hydrogen-bond acceptors (Lipinski definition) is 3. The first-order chi connectivity index (χ1) is 12.6. The minimum atomic E-state index is -0.202. The van der Waals surface area contributed by atoms with E-state index in [1.807, 2.05) is 30.5 Å². The highest BCUT2D eigenvalue weighted by atomic mass is 127. The van der Waals surface area contributed by atoms with E-state index in [1.165, 1.54) is 17.4 Å². The van der Waals surface area contributed by atoms with E-state index < -0.39 is 0 Å². The first-order valence-corrected chi connectivity index (χ1v) is 9.57. The number of thiophene rings is 1. The van der Waals surface area contributed by atoms with Crippen molar-refractivity contribution in [3.8, 4) is 0 Å². The molecule has 1 amide bonds. The van der Waals surface area contributed by atoms with E-state index in [9.17, 15) is 9.18 Å². The van der Waals surface area contributed by atoms with Crippen LogP contribution >= 0.6 is 35.3 Å². The molecule has 0 radical (unpaired) electrons. The molecule has 1 aromatic heterocycles. The van der Waals surface area contributed by atoms with Crippen molar-refractivity contribution in [2.45, 2.75) is 26.8 Å². The minimum Gasteiger partial charge on any atom is -0.357 e. The van der Waals surface area contributed by atoms with E-state index >= 15 is 0 Å². The van der Waals surface area contributed by atoms with E-state index in [4.69, 9.17) is 0 Å². The third-order valence-electron chi connectivity index (χ3n) is 3.66. The molecule has 0 atom stereocenters. The molecule has 0 aliphatic carbocycles. The number of rotatable bonds is 8. The summed E-state index contributed by atoms with van der Waals surface area (Å²) in [4.78, 5) is 17.1. The van der Waals surface area contributed by atoms with Gasteiger partial charge in [0.2, 0.25) is 0 Å². The molecule has 3 N–H and O–H groups in total. The van der Waals surface area contributed by atoms with Gasteiger partial charge < -0.3 is 16.0 Å². The maximum atomic E-state index is 13.3. The van der Waals surface area contributed by atoms with Gasteiger partial charge in [-0.05, 0) is 48.9 Å². The third kappa shape index (κ3) is 8.25. The molecule has 0 fully saturated rings. The van der Waals surface area contributed by atoms with Crippen molar-refractivity contribution in [3.63, 3.8) is 0 Å². The highest BCUT2D eigenvalue weighted by molar-refractivity contribution is 14.0. The number of aliphatic imine (C=N–C) groups is 1. The number of carbonyl (C=O) groups excluding carboxylic acids is 1. The van der Waals surface area contributed by atoms with Gasteiger partial charge in [-0.25, -0.2) is 9.38 Å². The lowest BCUT2D eigenvalue weighted by molar-refractivity contribution is 0.0957. The van der Waals surface area contributed by atoms with Crippen molar-refractivity contribution in [2.24, 2.45) is 4.99 Å². The molecule has 0 unspecified atom stereocenters. The summed E-state index contributed by atoms with van der Waals surface area (Å²) in [7, 11) is 0. The van der Waals surface area contributed by atoms with Gasteiger partial charge in [0.05, 0.1) is 11.4 Å². The van der Waals surface area contributed by atoms with Crippen LogP contribution in [0.2, 0.25) is 0 Å². The number of nitrogens with one attached hydrogen (secondary N) is 3. The fourth-order valence-electron chi connectivity index (χ4n) is 2.31. The van der Waals surface area contributed by atoms with Gasteiger partial charge in [-0.15, -0.1) is 35.3 Å². The number of halogens is 2. The number of amides is 1. The van der Waals surface area contributed by atoms with Crippen molar-refractivity contribution >= 4 is 47.2 Å². The quantitative estimate of drug-likeness (QED) is 0.223. The van der Waals surface area contributed by atoms with Crippen molar-refractivity contribution in [3.05, 3.63) is 57.5 Å². The summed E-state index contributed by atoms with van der Waals surface area (Å²) >= 11 is 1.43. The van der Waals surface area contributed by atoms with Crippen LogP contribution < -0.4 is 16.0 Å². The molecule has 27 heavy (non-hydrogen) atoms. The third-order valence-corrected chi connectivity index (χ3v) is 4.53. The van der Waals surface area contributed by atoms with Gasteiger partial charge in [0.1, 0.15) is 5.82 Å². The lowest BCUT2D eigenvalue weighted by atomic mass is 10.1. The number of benzene rings is 1. The first kappa shape index (κ1) is 23.4. The van der Waals surface area contributed by atoms with Crippen LogP contribution in [-0.2, 0) is 6.54 Å². The number of hydrogen-bond donors (Lipinski definition) is 3. The SMILES string of the molecule is CCNC(=NCc1ccc(F)c(C)c1)NCCCNC(=O)c1cccs1.I. The van der Waals surface area contributed by atoms with Crippen molar-refractivity contribution in [1.29, 1.82) is 0 Å². The monoisotopic (exact) mass is 504 g/mol. The molecular formula is C19H26FIN4OS. The molecule has 0 saturated heterocycles. The molecule has 0 aliphatic rings. The van der Waals surface area contributed by atoms with Gasteiger partial charge in [-0.2, -0.15) is 0 Å². The van der Waals surface area contributed by atoms with Crippen LogP contribution in [0.1, 0.15) is 34.1 Å². The van der Waals surface area contributed by atoms with Crippen LogP contribution in [0.5, 0.6) is 0 Å². The average molecular weight is 504 g/mol. The predicted molar refractivity (Wildman–Crippen MR) is 121 cm³/mol. The van der Waals surface area contributed by atoms with Gasteiger partial charge in [-0.3, -0.25) is 4.79 Å². The zero-order chi connectivity index (χ0) is 18.8. The fourth-order valence-corrected chi connectivity index (χ4v) is 2.95. The topological polar surface area (TPSA) is 65.5 Å². The van der Waals surface area contributed by atoms with Crippen molar-refractivity contribution in [1.82, 2.24) is 16.0 Å². The van der Waals surface area contributed by atoms with Crippen LogP contribution in [0.25, 0.3) is 0 Å². The molecule has 1 aromatic carbocycles. The normalized spacial score (nSPS) is 10.9. The van der Waals surface area contributed by atoms with Gasteiger partial charge in [-0.1, -0.05) is 18.2 Å². The molecule has 148 valence electrons. The van der Waals surface area contributed by atoms with E-state index in [1.54, 1.807) is 13.0 Å². The summed E-state index contributed by atoms with van der Waals surface area (Å²) in [5.41, 5.74) is 1.58. The summed E-state index contributed by atoms with van der Waals surface area (Å²) < 4.78 is 13.3. The summed E-state index contributed by atoms with van der Waals surface area (Å²) in [5.74, 6) is 0.471. The molecule has 0 aliphatic heterocycles. The zero-order valence-corrected chi connectivity index (χ0v) is 18.7. The lowest BCUT2D eigenvalue weighted by Crippen LogP contribution is -2.38. The van der Waals surface area contributed by atoms with Gasteiger partial charge >= 0.3 is 0 Å². The maximum absolute atomic E-state index is 13.3.